The molecule has 0 atom stereocenters. The van der Waals surface area contributed by atoms with Gasteiger partial charge in [-0.15, -0.1) is 0 Å². The second-order valence-corrected chi connectivity index (χ2v) is 9.25. The maximum absolute atomic E-state index is 12.5. The number of carbonyl (C=O) groups is 1. The van der Waals surface area contributed by atoms with Crippen LogP contribution in [0.1, 0.15) is 30.4 Å². The minimum Gasteiger partial charge on any atom is -0.343 e. The molecule has 3 rings (SSSR count). The average molecular weight is 401 g/mol. The number of amides is 1. The molecule has 0 saturated carbocycles. The highest BCUT2D eigenvalue weighted by atomic mass is 32.2. The van der Waals surface area contributed by atoms with E-state index in [0.29, 0.717) is 18.8 Å². The molecule has 2 aromatic rings. The van der Waals surface area contributed by atoms with Gasteiger partial charge in [0, 0.05) is 19.5 Å². The highest BCUT2D eigenvalue weighted by Crippen LogP contribution is 2.22. The van der Waals surface area contributed by atoms with Gasteiger partial charge in [-0.25, -0.2) is 13.1 Å². The van der Waals surface area contributed by atoms with Crippen LogP contribution in [0.25, 0.3) is 0 Å². The molecule has 1 N–H and O–H groups in total. The molecule has 1 fully saturated rings. The van der Waals surface area contributed by atoms with Gasteiger partial charge in [-0.1, -0.05) is 42.5 Å². The number of nitrogens with one attached hydrogen (secondary N) is 1. The lowest BCUT2D eigenvalue weighted by molar-refractivity contribution is -0.132. The van der Waals surface area contributed by atoms with Crippen molar-refractivity contribution in [1.82, 2.24) is 9.62 Å². The number of aryl methyl sites for hydroxylation is 1. The van der Waals surface area contributed by atoms with Gasteiger partial charge >= 0.3 is 0 Å². The van der Waals surface area contributed by atoms with Crippen LogP contribution in [0.15, 0.2) is 59.5 Å². The number of carbonyl (C=O) groups excluding carboxylic acids is 1. The fourth-order valence-electron chi connectivity index (χ4n) is 3.70. The van der Waals surface area contributed by atoms with E-state index in [1.807, 2.05) is 11.0 Å². The Hall–Kier alpha value is -2.18. The molecule has 5 nitrogen and oxygen atoms in total. The van der Waals surface area contributed by atoms with Crippen molar-refractivity contribution in [3.8, 4) is 0 Å². The Bertz CT molecular complexity index is 872. The molecule has 0 aromatic heterocycles. The Morgan fingerprint density at radius 1 is 1.00 bits per heavy atom. The highest BCUT2D eigenvalue weighted by Gasteiger charge is 2.22. The van der Waals surface area contributed by atoms with E-state index < -0.39 is 10.0 Å². The monoisotopic (exact) mass is 400 g/mol. The molecule has 28 heavy (non-hydrogen) atoms. The maximum Gasteiger partial charge on any atom is 0.240 e. The molecule has 0 bridgehead atoms. The first-order valence-corrected chi connectivity index (χ1v) is 11.3. The fraction of sp³-hybridized carbons (Fsp3) is 0.409. The predicted molar refractivity (Wildman–Crippen MR) is 110 cm³/mol. The largest absolute Gasteiger partial charge is 0.343 e. The number of nitrogens with zero attached hydrogens (tertiary/aromatic N) is 1. The van der Waals surface area contributed by atoms with Gasteiger partial charge in [0.1, 0.15) is 0 Å². The van der Waals surface area contributed by atoms with Gasteiger partial charge in [0.15, 0.2) is 0 Å². The van der Waals surface area contributed by atoms with Gasteiger partial charge < -0.3 is 4.90 Å². The van der Waals surface area contributed by atoms with Crippen molar-refractivity contribution in [3.05, 3.63) is 65.7 Å². The molecule has 0 aliphatic carbocycles. The molecule has 150 valence electrons. The van der Waals surface area contributed by atoms with Crippen molar-refractivity contribution in [2.75, 3.05) is 20.1 Å². The van der Waals surface area contributed by atoms with Crippen LogP contribution in [0.4, 0.5) is 0 Å². The molecule has 1 saturated heterocycles. The Morgan fingerprint density at radius 2 is 1.64 bits per heavy atom. The van der Waals surface area contributed by atoms with Crippen LogP contribution < -0.4 is 4.72 Å². The van der Waals surface area contributed by atoms with Crippen molar-refractivity contribution in [2.45, 2.75) is 37.0 Å². The van der Waals surface area contributed by atoms with Crippen molar-refractivity contribution in [3.63, 3.8) is 0 Å². The lowest BCUT2D eigenvalue weighted by Crippen LogP contribution is -2.39. The third-order valence-corrected chi connectivity index (χ3v) is 6.89. The Kier molecular flexibility index (Phi) is 6.86. The van der Waals surface area contributed by atoms with E-state index in [9.17, 15) is 13.2 Å². The summed E-state index contributed by atoms with van der Waals surface area (Å²) >= 11 is 0. The predicted octanol–water partition coefficient (Wildman–Crippen LogP) is 3.01. The lowest BCUT2D eigenvalue weighted by Gasteiger charge is -2.32. The van der Waals surface area contributed by atoms with Crippen molar-refractivity contribution >= 4 is 15.9 Å². The van der Waals surface area contributed by atoms with Gasteiger partial charge in [-0.3, -0.25) is 4.79 Å². The van der Waals surface area contributed by atoms with Crippen LogP contribution in [0.5, 0.6) is 0 Å². The zero-order valence-corrected chi connectivity index (χ0v) is 17.1. The topological polar surface area (TPSA) is 66.5 Å². The number of likely N-dealkylation sites (tertiary alicyclic amines) is 1. The molecule has 6 heteroatoms. The molecule has 0 unspecified atom stereocenters. The third-order valence-electron chi connectivity index (χ3n) is 5.46. The Balaban J connectivity index is 1.44. The van der Waals surface area contributed by atoms with Crippen LogP contribution in [-0.2, 0) is 27.7 Å². The third kappa shape index (κ3) is 5.42. The summed E-state index contributed by atoms with van der Waals surface area (Å²) in [7, 11) is -2.02. The molecular weight excluding hydrogens is 372 g/mol. The summed E-state index contributed by atoms with van der Waals surface area (Å²) in [4.78, 5) is 14.7. The standard InChI is InChI=1S/C22H28N2O3S/c1-23-28(26,27)21-10-7-18(8-11-21)9-12-22(25)24-15-13-20(14-16-24)17-19-5-3-2-4-6-19/h2-8,10-11,20,23H,9,12-17H2,1H3. The summed E-state index contributed by atoms with van der Waals surface area (Å²) in [5.41, 5.74) is 2.35. The van der Waals surface area contributed by atoms with E-state index in [2.05, 4.69) is 29.0 Å². The first-order valence-electron chi connectivity index (χ1n) is 9.82. The van der Waals surface area contributed by atoms with E-state index in [-0.39, 0.29) is 10.8 Å². The normalized spacial score (nSPS) is 15.5. The van der Waals surface area contributed by atoms with Crippen LogP contribution in [0, 0.1) is 5.92 Å². The van der Waals surface area contributed by atoms with Gasteiger partial charge in [0.05, 0.1) is 4.90 Å². The number of hydrogen-bond donors (Lipinski definition) is 1. The van der Waals surface area contributed by atoms with E-state index >= 15 is 0 Å². The van der Waals surface area contributed by atoms with Crippen LogP contribution in [0.3, 0.4) is 0 Å². The van der Waals surface area contributed by atoms with E-state index in [0.717, 1.165) is 37.9 Å². The van der Waals surface area contributed by atoms with Crippen LogP contribution in [0.2, 0.25) is 0 Å². The first-order chi connectivity index (χ1) is 13.5. The van der Waals surface area contributed by atoms with Gasteiger partial charge in [-0.2, -0.15) is 0 Å². The summed E-state index contributed by atoms with van der Waals surface area (Å²) in [5.74, 6) is 0.832. The molecule has 1 aliphatic heterocycles. The van der Waals surface area contributed by atoms with Crippen molar-refractivity contribution in [2.24, 2.45) is 5.92 Å². The minimum absolute atomic E-state index is 0.185. The number of sulfonamides is 1. The second kappa shape index (κ2) is 9.34. The Labute approximate surface area is 167 Å². The van der Waals surface area contributed by atoms with Crippen LogP contribution in [-0.4, -0.2) is 39.4 Å². The molecular formula is C22H28N2O3S. The number of benzene rings is 2. The van der Waals surface area contributed by atoms with Gasteiger partial charge in [-0.05, 0) is 61.9 Å². The zero-order valence-electron chi connectivity index (χ0n) is 16.3. The van der Waals surface area contributed by atoms with E-state index in [1.54, 1.807) is 24.3 Å². The Morgan fingerprint density at radius 3 is 2.25 bits per heavy atom. The SMILES string of the molecule is CNS(=O)(=O)c1ccc(CCC(=O)N2CCC(Cc3ccccc3)CC2)cc1. The molecule has 2 aromatic carbocycles. The molecule has 1 aliphatic rings. The summed E-state index contributed by atoms with van der Waals surface area (Å²) in [6, 6.07) is 17.3. The number of rotatable bonds is 7. The second-order valence-electron chi connectivity index (χ2n) is 7.37. The fourth-order valence-corrected chi connectivity index (χ4v) is 4.43. The smallest absolute Gasteiger partial charge is 0.240 e. The first kappa shape index (κ1) is 20.6. The molecule has 0 spiro atoms. The van der Waals surface area contributed by atoms with Crippen LogP contribution >= 0.6 is 0 Å². The van der Waals surface area contributed by atoms with Gasteiger partial charge in [0.25, 0.3) is 0 Å². The maximum atomic E-state index is 12.5. The molecule has 0 radical (unpaired) electrons. The van der Waals surface area contributed by atoms with E-state index in [4.69, 9.17) is 0 Å². The minimum atomic E-state index is -3.42. The van der Waals surface area contributed by atoms with Crippen molar-refractivity contribution < 1.29 is 13.2 Å². The summed E-state index contributed by atoms with van der Waals surface area (Å²) < 4.78 is 25.8. The molecule has 1 heterocycles. The lowest BCUT2D eigenvalue weighted by atomic mass is 9.90. The molecule has 1 amide bonds. The number of piperidine rings is 1. The summed E-state index contributed by atoms with van der Waals surface area (Å²) in [5, 5.41) is 0. The highest BCUT2D eigenvalue weighted by molar-refractivity contribution is 7.89. The average Bonchev–Trinajstić information content (AvgIpc) is 2.73. The van der Waals surface area contributed by atoms with Gasteiger partial charge in [0.2, 0.25) is 15.9 Å². The quantitative estimate of drug-likeness (QED) is 0.777. The number of hydrogen-bond acceptors (Lipinski definition) is 3. The summed E-state index contributed by atoms with van der Waals surface area (Å²) in [6.45, 7) is 1.66. The van der Waals surface area contributed by atoms with E-state index in [1.165, 1.54) is 12.6 Å². The van der Waals surface area contributed by atoms with Crippen molar-refractivity contribution in [1.29, 1.82) is 0 Å². The summed E-state index contributed by atoms with van der Waals surface area (Å²) in [6.07, 6.45) is 4.28. The zero-order chi connectivity index (χ0) is 20.0.